The predicted octanol–water partition coefficient (Wildman–Crippen LogP) is 7.04. The number of aryl methyl sites for hydroxylation is 1. The number of rotatable bonds is 3. The van der Waals surface area contributed by atoms with E-state index in [1.165, 1.54) is 17.7 Å². The van der Waals surface area contributed by atoms with Crippen LogP contribution in [0.4, 0.5) is 17.6 Å². The number of fused-ring (bicyclic) bond motifs is 3. The van der Waals surface area contributed by atoms with Crippen molar-refractivity contribution < 1.29 is 17.6 Å². The zero-order chi connectivity index (χ0) is 19.2. The predicted molar refractivity (Wildman–Crippen MR) is 99.1 cm³/mol. The van der Waals surface area contributed by atoms with Gasteiger partial charge in [0.1, 0.15) is 5.82 Å². The third-order valence-electron chi connectivity index (χ3n) is 5.13. The zero-order valence-corrected chi connectivity index (χ0v) is 14.8. The van der Waals surface area contributed by atoms with Crippen molar-refractivity contribution in [1.82, 2.24) is 0 Å². The van der Waals surface area contributed by atoms with Crippen LogP contribution in [0.3, 0.4) is 0 Å². The molecule has 0 aliphatic heterocycles. The molecule has 0 saturated carbocycles. The van der Waals surface area contributed by atoms with Crippen LogP contribution in [0, 0.1) is 5.82 Å². The minimum atomic E-state index is -4.40. The van der Waals surface area contributed by atoms with Crippen molar-refractivity contribution in [2.45, 2.75) is 32.4 Å². The molecule has 4 rings (SSSR count). The first-order chi connectivity index (χ1) is 12.9. The number of hydrogen-bond donors (Lipinski definition) is 0. The fourth-order valence-corrected chi connectivity index (χ4v) is 3.80. The van der Waals surface area contributed by atoms with Crippen molar-refractivity contribution in [3.8, 4) is 22.3 Å². The Morgan fingerprint density at radius 1 is 0.852 bits per heavy atom. The third-order valence-corrected chi connectivity index (χ3v) is 5.13. The van der Waals surface area contributed by atoms with Crippen LogP contribution < -0.4 is 0 Å². The number of benzene rings is 3. The fraction of sp³-hybridized carbons (Fsp3) is 0.217. The van der Waals surface area contributed by atoms with Gasteiger partial charge >= 0.3 is 6.18 Å². The average molecular weight is 370 g/mol. The lowest BCUT2D eigenvalue weighted by molar-refractivity contribution is -0.137. The highest BCUT2D eigenvalue weighted by atomic mass is 19.4. The van der Waals surface area contributed by atoms with Gasteiger partial charge in [0.2, 0.25) is 0 Å². The molecule has 0 amide bonds. The lowest BCUT2D eigenvalue weighted by atomic mass is 9.97. The van der Waals surface area contributed by atoms with E-state index in [-0.39, 0.29) is 5.82 Å². The first kappa shape index (κ1) is 17.8. The fourth-order valence-electron chi connectivity index (χ4n) is 3.80. The van der Waals surface area contributed by atoms with Gasteiger partial charge in [0.25, 0.3) is 0 Å². The standard InChI is InChI=1S/C23H18F4/c1-2-3-14-4-9-18-16(12-14)13-21-20(18)11-10-19(22(21)24)15-5-7-17(8-6-15)23(25,26)27/h4-12H,2-3,13H2,1H3. The molecular weight excluding hydrogens is 352 g/mol. The van der Waals surface area contributed by atoms with Gasteiger partial charge in [-0.15, -0.1) is 0 Å². The Hall–Kier alpha value is -2.62. The van der Waals surface area contributed by atoms with Gasteiger partial charge in [0.05, 0.1) is 5.56 Å². The molecule has 1 aliphatic carbocycles. The highest BCUT2D eigenvalue weighted by molar-refractivity contribution is 5.81. The smallest absolute Gasteiger partial charge is 0.206 e. The molecule has 0 saturated heterocycles. The highest BCUT2D eigenvalue weighted by Gasteiger charge is 2.30. The Balaban J connectivity index is 1.72. The van der Waals surface area contributed by atoms with Gasteiger partial charge in [-0.1, -0.05) is 55.8 Å². The zero-order valence-electron chi connectivity index (χ0n) is 14.8. The maximum atomic E-state index is 15.2. The molecule has 0 N–H and O–H groups in total. The minimum Gasteiger partial charge on any atom is -0.206 e. The van der Waals surface area contributed by atoms with Crippen molar-refractivity contribution in [2.24, 2.45) is 0 Å². The summed E-state index contributed by atoms with van der Waals surface area (Å²) in [4.78, 5) is 0. The molecule has 27 heavy (non-hydrogen) atoms. The first-order valence-electron chi connectivity index (χ1n) is 8.99. The molecule has 1 aliphatic rings. The molecule has 3 aromatic carbocycles. The number of hydrogen-bond acceptors (Lipinski definition) is 0. The summed E-state index contributed by atoms with van der Waals surface area (Å²) < 4.78 is 53.4. The van der Waals surface area contributed by atoms with Crippen LogP contribution in [0.2, 0.25) is 0 Å². The summed E-state index contributed by atoms with van der Waals surface area (Å²) in [6, 6.07) is 14.4. The Kier molecular flexibility index (Phi) is 4.29. The van der Waals surface area contributed by atoms with Gasteiger partial charge in [-0.05, 0) is 46.4 Å². The maximum Gasteiger partial charge on any atom is 0.416 e. The van der Waals surface area contributed by atoms with Crippen LogP contribution in [0.15, 0.2) is 54.6 Å². The van der Waals surface area contributed by atoms with Crippen molar-refractivity contribution in [2.75, 3.05) is 0 Å². The quantitative estimate of drug-likeness (QED) is 0.339. The molecule has 0 spiro atoms. The van der Waals surface area contributed by atoms with Gasteiger partial charge in [-0.2, -0.15) is 13.2 Å². The van der Waals surface area contributed by atoms with E-state index in [0.717, 1.165) is 41.7 Å². The van der Waals surface area contributed by atoms with Crippen LogP contribution >= 0.6 is 0 Å². The van der Waals surface area contributed by atoms with E-state index in [1.54, 1.807) is 6.07 Å². The second-order valence-corrected chi connectivity index (χ2v) is 6.95. The molecule has 0 nitrogen and oxygen atoms in total. The molecule has 0 unspecified atom stereocenters. The Morgan fingerprint density at radius 2 is 1.52 bits per heavy atom. The minimum absolute atomic E-state index is 0.337. The van der Waals surface area contributed by atoms with Crippen LogP contribution in [-0.2, 0) is 19.0 Å². The summed E-state index contributed by atoms with van der Waals surface area (Å²) in [5, 5.41) is 0. The molecule has 3 aromatic rings. The van der Waals surface area contributed by atoms with Crippen LogP contribution in [-0.4, -0.2) is 0 Å². The molecule has 4 heteroatoms. The molecule has 138 valence electrons. The Bertz CT molecular complexity index is 998. The van der Waals surface area contributed by atoms with Crippen LogP contribution in [0.25, 0.3) is 22.3 Å². The monoisotopic (exact) mass is 370 g/mol. The Morgan fingerprint density at radius 3 is 2.19 bits per heavy atom. The normalized spacial score (nSPS) is 12.8. The second-order valence-electron chi connectivity index (χ2n) is 6.95. The number of alkyl halides is 3. The van der Waals surface area contributed by atoms with Gasteiger partial charge < -0.3 is 0 Å². The van der Waals surface area contributed by atoms with Gasteiger partial charge in [0.15, 0.2) is 0 Å². The molecular formula is C23H18F4. The van der Waals surface area contributed by atoms with E-state index in [2.05, 4.69) is 19.1 Å². The van der Waals surface area contributed by atoms with Gasteiger partial charge in [0, 0.05) is 17.5 Å². The van der Waals surface area contributed by atoms with E-state index in [4.69, 9.17) is 0 Å². The van der Waals surface area contributed by atoms with Crippen molar-refractivity contribution in [3.05, 3.63) is 82.7 Å². The average Bonchev–Trinajstić information content (AvgIpc) is 3.01. The molecule has 0 radical (unpaired) electrons. The Labute approximate surface area is 155 Å². The van der Waals surface area contributed by atoms with Crippen molar-refractivity contribution >= 4 is 0 Å². The number of halogens is 4. The van der Waals surface area contributed by atoms with E-state index < -0.39 is 11.7 Å². The van der Waals surface area contributed by atoms with Gasteiger partial charge in [-0.3, -0.25) is 0 Å². The SMILES string of the molecule is CCCc1ccc2c(c1)Cc1c-2ccc(-c2ccc(C(F)(F)F)cc2)c1F. The molecule has 0 aromatic heterocycles. The summed E-state index contributed by atoms with van der Waals surface area (Å²) in [6.45, 7) is 2.12. The van der Waals surface area contributed by atoms with E-state index >= 15 is 4.39 Å². The lowest BCUT2D eigenvalue weighted by Crippen LogP contribution is -2.04. The van der Waals surface area contributed by atoms with E-state index in [1.807, 2.05) is 12.1 Å². The van der Waals surface area contributed by atoms with Crippen molar-refractivity contribution in [3.63, 3.8) is 0 Å². The topological polar surface area (TPSA) is 0 Å². The summed E-state index contributed by atoms with van der Waals surface area (Å²) in [6.07, 6.45) is -1.84. The summed E-state index contributed by atoms with van der Waals surface area (Å²) in [7, 11) is 0. The summed E-state index contributed by atoms with van der Waals surface area (Å²) in [5.74, 6) is -0.347. The van der Waals surface area contributed by atoms with Gasteiger partial charge in [-0.25, -0.2) is 4.39 Å². The molecule has 0 fully saturated rings. The third kappa shape index (κ3) is 3.14. The maximum absolute atomic E-state index is 15.2. The van der Waals surface area contributed by atoms with E-state index in [0.29, 0.717) is 23.1 Å². The van der Waals surface area contributed by atoms with E-state index in [9.17, 15) is 13.2 Å². The highest BCUT2D eigenvalue weighted by Crippen LogP contribution is 2.41. The lowest BCUT2D eigenvalue weighted by Gasteiger charge is -2.11. The molecule has 0 heterocycles. The first-order valence-corrected chi connectivity index (χ1v) is 8.99. The molecule has 0 bridgehead atoms. The second kappa shape index (κ2) is 6.52. The summed E-state index contributed by atoms with van der Waals surface area (Å²) >= 11 is 0. The molecule has 0 atom stereocenters. The largest absolute Gasteiger partial charge is 0.416 e. The van der Waals surface area contributed by atoms with Crippen LogP contribution in [0.5, 0.6) is 0 Å². The van der Waals surface area contributed by atoms with Crippen LogP contribution in [0.1, 0.15) is 35.6 Å². The summed E-state index contributed by atoms with van der Waals surface area (Å²) in [5.41, 5.74) is 4.95. The van der Waals surface area contributed by atoms with Crippen molar-refractivity contribution in [1.29, 1.82) is 0 Å².